The number of benzene rings is 1. The number of rotatable bonds is 6. The number of nitrogens with zero attached hydrogens (tertiary/aromatic N) is 2. The minimum atomic E-state index is -2.94. The van der Waals surface area contributed by atoms with Crippen LogP contribution in [-0.2, 0) is 10.4 Å². The molecular formula is C28H26ClF4N3O3. The van der Waals surface area contributed by atoms with E-state index in [1.54, 1.807) is 0 Å². The monoisotopic (exact) mass is 563 g/mol. The number of nitrogens with one attached hydrogen (secondary N) is 1. The van der Waals surface area contributed by atoms with Gasteiger partial charge in [0.1, 0.15) is 17.7 Å². The van der Waals surface area contributed by atoms with Crippen LogP contribution in [0.4, 0.5) is 17.6 Å². The van der Waals surface area contributed by atoms with Crippen LogP contribution in [0.3, 0.4) is 0 Å². The number of alkyl halides is 3. The molecule has 1 saturated carbocycles. The lowest BCUT2D eigenvalue weighted by Crippen LogP contribution is -2.44. The minimum absolute atomic E-state index is 0.0354. The van der Waals surface area contributed by atoms with Crippen molar-refractivity contribution >= 4 is 23.4 Å². The quantitative estimate of drug-likeness (QED) is 0.462. The van der Waals surface area contributed by atoms with E-state index in [0.29, 0.717) is 25.7 Å². The number of hydrogen-bond donors (Lipinski definition) is 2. The second-order valence-corrected chi connectivity index (χ2v) is 10.5. The summed E-state index contributed by atoms with van der Waals surface area (Å²) in [6.45, 7) is 0.122. The SMILES string of the molecule is O=C(N[C@H]1CC[C@H](CN2C(=O)C(O)(c3ccccc3F)C3=C2C(F)CC=C3)CC1)c1cc(Cl)cnc1C(F)F. The first-order valence-electron chi connectivity index (χ1n) is 12.7. The lowest BCUT2D eigenvalue weighted by Gasteiger charge is -2.33. The van der Waals surface area contributed by atoms with E-state index >= 15 is 4.39 Å². The fraction of sp³-hybridized carbons (Fsp3) is 0.393. The van der Waals surface area contributed by atoms with Crippen LogP contribution >= 0.6 is 11.6 Å². The smallest absolute Gasteiger partial charge is 0.281 e. The largest absolute Gasteiger partial charge is 0.372 e. The Bertz CT molecular complexity index is 1360. The normalized spacial score (nSPS) is 26.8. The van der Waals surface area contributed by atoms with Gasteiger partial charge in [0.15, 0.2) is 5.60 Å². The number of aliphatic hydroxyl groups is 1. The zero-order chi connectivity index (χ0) is 27.9. The summed E-state index contributed by atoms with van der Waals surface area (Å²) < 4.78 is 56.5. The molecule has 1 aromatic heterocycles. The molecule has 1 aromatic carbocycles. The van der Waals surface area contributed by atoms with Crippen molar-refractivity contribution in [3.05, 3.63) is 87.6 Å². The highest BCUT2D eigenvalue weighted by molar-refractivity contribution is 6.30. The predicted molar refractivity (Wildman–Crippen MR) is 135 cm³/mol. The van der Waals surface area contributed by atoms with Crippen LogP contribution in [0.2, 0.25) is 5.02 Å². The number of halogens is 5. The third-order valence-corrected chi connectivity index (χ3v) is 7.86. The standard InChI is InChI=1S/C28H26ClF4N3O3/c29-16-12-18(23(25(32)33)34-13-16)26(37)35-17-10-8-15(9-11-17)14-36-24-20(5-3-7-22(24)31)28(39,27(36)38)19-4-1-2-6-21(19)30/h1-6,12-13,15,17,22,25,39H,7-11,14H2,(H,35,37)/t15-,17-,22?,28?. The van der Waals surface area contributed by atoms with Crippen LogP contribution in [0.15, 0.2) is 60.0 Å². The van der Waals surface area contributed by atoms with Gasteiger partial charge in [0.25, 0.3) is 18.2 Å². The van der Waals surface area contributed by atoms with Crippen molar-refractivity contribution in [1.29, 1.82) is 0 Å². The molecule has 2 heterocycles. The van der Waals surface area contributed by atoms with Crippen molar-refractivity contribution in [2.75, 3.05) is 6.54 Å². The molecule has 0 saturated heterocycles. The molecule has 206 valence electrons. The van der Waals surface area contributed by atoms with Gasteiger partial charge in [-0.2, -0.15) is 0 Å². The maximum atomic E-state index is 15.1. The summed E-state index contributed by atoms with van der Waals surface area (Å²) in [5, 5.41) is 14.4. The highest BCUT2D eigenvalue weighted by atomic mass is 35.5. The van der Waals surface area contributed by atoms with Gasteiger partial charge in [-0.25, -0.2) is 17.6 Å². The van der Waals surface area contributed by atoms with Gasteiger partial charge >= 0.3 is 0 Å². The third-order valence-electron chi connectivity index (χ3n) is 7.66. The maximum Gasteiger partial charge on any atom is 0.281 e. The first-order chi connectivity index (χ1) is 18.6. The molecule has 2 N–H and O–H groups in total. The van der Waals surface area contributed by atoms with E-state index in [1.165, 1.54) is 35.3 Å². The Morgan fingerprint density at radius 1 is 1.23 bits per heavy atom. The lowest BCUT2D eigenvalue weighted by atomic mass is 9.84. The molecule has 1 aliphatic heterocycles. The average molecular weight is 564 g/mol. The molecular weight excluding hydrogens is 538 g/mol. The van der Waals surface area contributed by atoms with Crippen LogP contribution in [0.5, 0.6) is 0 Å². The molecule has 0 radical (unpaired) electrons. The van der Waals surface area contributed by atoms with Gasteiger partial charge in [0, 0.05) is 36.3 Å². The van der Waals surface area contributed by atoms with Crippen molar-refractivity contribution in [3.8, 4) is 0 Å². The molecule has 2 aliphatic carbocycles. The number of amides is 2. The zero-order valence-corrected chi connectivity index (χ0v) is 21.5. The molecule has 39 heavy (non-hydrogen) atoms. The summed E-state index contributed by atoms with van der Waals surface area (Å²) in [7, 11) is 0. The van der Waals surface area contributed by atoms with E-state index in [9.17, 15) is 27.9 Å². The number of allylic oxidation sites excluding steroid dienone is 2. The van der Waals surface area contributed by atoms with E-state index in [1.807, 2.05) is 0 Å². The van der Waals surface area contributed by atoms with Gasteiger partial charge in [-0.1, -0.05) is 42.0 Å². The average Bonchev–Trinajstić information content (AvgIpc) is 3.13. The molecule has 3 aliphatic rings. The summed E-state index contributed by atoms with van der Waals surface area (Å²) in [4.78, 5) is 31.1. The number of aromatic nitrogens is 1. The van der Waals surface area contributed by atoms with Crippen molar-refractivity contribution in [3.63, 3.8) is 0 Å². The number of hydrogen-bond acceptors (Lipinski definition) is 4. The summed E-state index contributed by atoms with van der Waals surface area (Å²) >= 11 is 5.85. The first kappa shape index (κ1) is 27.3. The van der Waals surface area contributed by atoms with E-state index in [2.05, 4.69) is 10.3 Å². The third kappa shape index (κ3) is 4.96. The molecule has 2 unspecified atom stereocenters. The molecule has 6 nitrogen and oxygen atoms in total. The van der Waals surface area contributed by atoms with Crippen LogP contribution in [0, 0.1) is 11.7 Å². The van der Waals surface area contributed by atoms with Gasteiger partial charge < -0.3 is 15.3 Å². The van der Waals surface area contributed by atoms with Crippen LogP contribution in [0.1, 0.15) is 60.1 Å². The lowest BCUT2D eigenvalue weighted by molar-refractivity contribution is -0.144. The minimum Gasteiger partial charge on any atom is -0.372 e. The van der Waals surface area contributed by atoms with E-state index < -0.39 is 41.5 Å². The zero-order valence-electron chi connectivity index (χ0n) is 20.7. The Labute approximate surface area is 227 Å². The van der Waals surface area contributed by atoms with Crippen LogP contribution in [0.25, 0.3) is 0 Å². The van der Waals surface area contributed by atoms with E-state index in [0.717, 1.165) is 18.3 Å². The van der Waals surface area contributed by atoms with Gasteiger partial charge in [-0.05, 0) is 43.7 Å². The first-order valence-corrected chi connectivity index (χ1v) is 13.1. The Kier molecular flexibility index (Phi) is 7.52. The number of carbonyl (C=O) groups is 2. The Hall–Kier alpha value is -3.24. The summed E-state index contributed by atoms with van der Waals surface area (Å²) in [5.74, 6) is -2.34. The van der Waals surface area contributed by atoms with Crippen molar-refractivity contribution < 1.29 is 32.3 Å². The van der Waals surface area contributed by atoms with Gasteiger partial charge in [-0.3, -0.25) is 14.6 Å². The fourth-order valence-corrected chi connectivity index (χ4v) is 5.88. The van der Waals surface area contributed by atoms with E-state index in [-0.39, 0.29) is 52.3 Å². The van der Waals surface area contributed by atoms with Crippen LogP contribution < -0.4 is 5.32 Å². The molecule has 1 fully saturated rings. The van der Waals surface area contributed by atoms with Gasteiger partial charge in [0.2, 0.25) is 0 Å². The topological polar surface area (TPSA) is 82.5 Å². The van der Waals surface area contributed by atoms with Crippen molar-refractivity contribution in [2.24, 2.45) is 5.92 Å². The second-order valence-electron chi connectivity index (χ2n) is 10.1. The maximum absolute atomic E-state index is 15.1. The van der Waals surface area contributed by atoms with Crippen molar-refractivity contribution in [2.45, 2.75) is 56.3 Å². The molecule has 5 rings (SSSR count). The highest BCUT2D eigenvalue weighted by Crippen LogP contribution is 2.47. The predicted octanol–water partition coefficient (Wildman–Crippen LogP) is 5.38. The number of pyridine rings is 1. The molecule has 0 bridgehead atoms. The van der Waals surface area contributed by atoms with E-state index in [4.69, 9.17) is 11.6 Å². The molecule has 11 heteroatoms. The van der Waals surface area contributed by atoms with Crippen LogP contribution in [-0.4, -0.2) is 45.6 Å². The van der Waals surface area contributed by atoms with Gasteiger partial charge in [-0.15, -0.1) is 0 Å². The van der Waals surface area contributed by atoms with Gasteiger partial charge in [0.05, 0.1) is 16.3 Å². The Balaban J connectivity index is 1.29. The molecule has 2 amide bonds. The Morgan fingerprint density at radius 3 is 2.64 bits per heavy atom. The molecule has 0 spiro atoms. The fourth-order valence-electron chi connectivity index (χ4n) is 5.72. The second kappa shape index (κ2) is 10.7. The molecule has 2 atom stereocenters. The molecule has 2 aromatic rings. The number of carbonyl (C=O) groups excluding carboxylic acids is 2. The van der Waals surface area contributed by atoms with Crippen molar-refractivity contribution in [1.82, 2.24) is 15.2 Å². The highest BCUT2D eigenvalue weighted by Gasteiger charge is 2.55. The Morgan fingerprint density at radius 2 is 1.95 bits per heavy atom. The summed E-state index contributed by atoms with van der Waals surface area (Å²) in [6, 6.07) is 6.26. The summed E-state index contributed by atoms with van der Waals surface area (Å²) in [5.41, 5.74) is -3.39. The summed E-state index contributed by atoms with van der Waals surface area (Å²) in [6.07, 6.45) is 1.74.